The summed E-state index contributed by atoms with van der Waals surface area (Å²) in [5.74, 6) is 0.382. The highest BCUT2D eigenvalue weighted by atomic mass is 16.3. The van der Waals surface area contributed by atoms with E-state index in [1.54, 1.807) is 12.1 Å². The average Bonchev–Trinajstić information content (AvgIpc) is 2.69. The van der Waals surface area contributed by atoms with Crippen LogP contribution in [0.2, 0.25) is 0 Å². The Hall–Kier alpha value is -2.53. The Bertz CT molecular complexity index is 695. The lowest BCUT2D eigenvalue weighted by molar-refractivity contribution is -0.125. The molecule has 0 spiro atoms. The molecule has 138 valence electrons. The number of phenols is 1. The van der Waals surface area contributed by atoms with Crippen molar-refractivity contribution in [3.05, 3.63) is 60.2 Å². The number of benzene rings is 2. The number of carbonyl (C=O) groups excluding carboxylic acids is 1. The largest absolute Gasteiger partial charge is 0.508 e. The van der Waals surface area contributed by atoms with E-state index >= 15 is 0 Å². The molecule has 1 aliphatic heterocycles. The first kappa shape index (κ1) is 18.3. The molecule has 0 aliphatic carbocycles. The monoisotopic (exact) mass is 353 g/mol. The molecule has 2 aromatic carbocycles. The molecule has 0 unspecified atom stereocenters. The van der Waals surface area contributed by atoms with Gasteiger partial charge in [-0.1, -0.05) is 30.3 Å². The van der Waals surface area contributed by atoms with Crippen LogP contribution in [0.25, 0.3) is 0 Å². The normalized spacial score (nSPS) is 16.3. The predicted molar refractivity (Wildman–Crippen MR) is 105 cm³/mol. The molecule has 1 aliphatic rings. The van der Waals surface area contributed by atoms with Gasteiger partial charge in [0.2, 0.25) is 5.91 Å². The highest BCUT2D eigenvalue weighted by molar-refractivity contribution is 5.81. The van der Waals surface area contributed by atoms with E-state index in [0.717, 1.165) is 38.3 Å². The van der Waals surface area contributed by atoms with E-state index in [9.17, 15) is 9.90 Å². The Morgan fingerprint density at radius 3 is 2.35 bits per heavy atom. The summed E-state index contributed by atoms with van der Waals surface area (Å²) in [5.41, 5.74) is 2.35. The van der Waals surface area contributed by atoms with Gasteiger partial charge in [-0.2, -0.15) is 0 Å². The van der Waals surface area contributed by atoms with Gasteiger partial charge in [0.05, 0.1) is 6.04 Å². The lowest BCUT2D eigenvalue weighted by atomic mass is 10.1. The van der Waals surface area contributed by atoms with E-state index < -0.39 is 0 Å². The number of phenolic OH excluding ortho intramolecular Hbond substituents is 1. The van der Waals surface area contributed by atoms with Crippen LogP contribution in [0.5, 0.6) is 5.75 Å². The number of nitrogens with one attached hydrogen (secondary N) is 1. The number of anilines is 1. The van der Waals surface area contributed by atoms with Crippen molar-refractivity contribution in [3.8, 4) is 5.75 Å². The second-order valence-corrected chi connectivity index (χ2v) is 6.74. The van der Waals surface area contributed by atoms with Crippen molar-refractivity contribution in [2.45, 2.75) is 19.4 Å². The van der Waals surface area contributed by atoms with Crippen molar-refractivity contribution < 1.29 is 9.90 Å². The molecular formula is C21H27N3O2. The van der Waals surface area contributed by atoms with Crippen LogP contribution in [0.3, 0.4) is 0 Å². The second-order valence-electron chi connectivity index (χ2n) is 6.74. The summed E-state index contributed by atoms with van der Waals surface area (Å²) < 4.78 is 0. The maximum atomic E-state index is 12.4. The Balaban J connectivity index is 1.43. The number of rotatable bonds is 6. The molecule has 26 heavy (non-hydrogen) atoms. The zero-order valence-electron chi connectivity index (χ0n) is 15.3. The zero-order valence-corrected chi connectivity index (χ0v) is 15.3. The second kappa shape index (κ2) is 8.72. The average molecular weight is 353 g/mol. The van der Waals surface area contributed by atoms with Crippen LogP contribution in [0.4, 0.5) is 5.69 Å². The quantitative estimate of drug-likeness (QED) is 0.836. The molecule has 5 nitrogen and oxygen atoms in total. The van der Waals surface area contributed by atoms with Gasteiger partial charge < -0.3 is 15.3 Å². The Morgan fingerprint density at radius 1 is 1.04 bits per heavy atom. The summed E-state index contributed by atoms with van der Waals surface area (Å²) >= 11 is 0. The molecule has 1 atom stereocenters. The number of amides is 1. The zero-order chi connectivity index (χ0) is 18.4. The van der Waals surface area contributed by atoms with Gasteiger partial charge >= 0.3 is 0 Å². The molecule has 5 heteroatoms. The summed E-state index contributed by atoms with van der Waals surface area (Å²) in [6, 6.07) is 17.4. The third-order valence-corrected chi connectivity index (χ3v) is 5.01. The van der Waals surface area contributed by atoms with Crippen LogP contribution in [-0.2, 0) is 11.2 Å². The first-order valence-electron chi connectivity index (χ1n) is 9.23. The lowest BCUT2D eigenvalue weighted by Crippen LogP contribution is -2.54. The Morgan fingerprint density at radius 2 is 1.69 bits per heavy atom. The summed E-state index contributed by atoms with van der Waals surface area (Å²) in [7, 11) is 0. The summed E-state index contributed by atoms with van der Waals surface area (Å²) in [6.07, 6.45) is 0.855. The minimum atomic E-state index is -0.118. The molecule has 3 rings (SSSR count). The van der Waals surface area contributed by atoms with Crippen molar-refractivity contribution in [2.75, 3.05) is 37.6 Å². The van der Waals surface area contributed by atoms with E-state index in [4.69, 9.17) is 0 Å². The lowest BCUT2D eigenvalue weighted by Gasteiger charge is -2.38. The maximum Gasteiger partial charge on any atom is 0.237 e. The SMILES string of the molecule is C[C@H](C(=O)NCCc1ccccc1)N1CCN(c2ccc(O)cc2)CC1. The van der Waals surface area contributed by atoms with Gasteiger partial charge in [0.1, 0.15) is 5.75 Å². The third-order valence-electron chi connectivity index (χ3n) is 5.01. The highest BCUT2D eigenvalue weighted by Gasteiger charge is 2.25. The van der Waals surface area contributed by atoms with Crippen molar-refractivity contribution in [1.82, 2.24) is 10.2 Å². The number of aromatic hydroxyl groups is 1. The molecule has 1 fully saturated rings. The van der Waals surface area contributed by atoms with Gasteiger partial charge in [-0.3, -0.25) is 9.69 Å². The molecular weight excluding hydrogens is 326 g/mol. The molecule has 1 heterocycles. The number of hydrogen-bond donors (Lipinski definition) is 2. The van der Waals surface area contributed by atoms with Crippen LogP contribution in [-0.4, -0.2) is 54.7 Å². The third kappa shape index (κ3) is 4.76. The van der Waals surface area contributed by atoms with E-state index in [1.807, 2.05) is 37.3 Å². The minimum Gasteiger partial charge on any atom is -0.508 e. The van der Waals surface area contributed by atoms with Crippen molar-refractivity contribution in [2.24, 2.45) is 0 Å². The number of piperazine rings is 1. The first-order chi connectivity index (χ1) is 12.6. The van der Waals surface area contributed by atoms with Crippen molar-refractivity contribution in [3.63, 3.8) is 0 Å². The summed E-state index contributed by atoms with van der Waals surface area (Å²) in [4.78, 5) is 16.9. The fraction of sp³-hybridized carbons (Fsp3) is 0.381. The molecule has 0 saturated carbocycles. The van der Waals surface area contributed by atoms with Crippen LogP contribution in [0.1, 0.15) is 12.5 Å². The van der Waals surface area contributed by atoms with Gasteiger partial charge in [-0.25, -0.2) is 0 Å². The molecule has 1 saturated heterocycles. The van der Waals surface area contributed by atoms with Gasteiger partial charge in [-0.05, 0) is 43.2 Å². The highest BCUT2D eigenvalue weighted by Crippen LogP contribution is 2.20. The molecule has 2 aromatic rings. The molecule has 1 amide bonds. The first-order valence-corrected chi connectivity index (χ1v) is 9.23. The number of nitrogens with zero attached hydrogens (tertiary/aromatic N) is 2. The van der Waals surface area contributed by atoms with Crippen LogP contribution in [0.15, 0.2) is 54.6 Å². The minimum absolute atomic E-state index is 0.0963. The van der Waals surface area contributed by atoms with Crippen molar-refractivity contribution >= 4 is 11.6 Å². The van der Waals surface area contributed by atoms with Crippen LogP contribution in [0, 0.1) is 0 Å². The number of hydrogen-bond acceptors (Lipinski definition) is 4. The summed E-state index contributed by atoms with van der Waals surface area (Å²) in [5, 5.41) is 12.5. The fourth-order valence-corrected chi connectivity index (χ4v) is 3.32. The number of carbonyl (C=O) groups is 1. The molecule has 0 aromatic heterocycles. The topological polar surface area (TPSA) is 55.8 Å². The molecule has 2 N–H and O–H groups in total. The van der Waals surface area contributed by atoms with Gasteiger partial charge in [0.15, 0.2) is 0 Å². The van der Waals surface area contributed by atoms with Gasteiger partial charge in [0.25, 0.3) is 0 Å². The standard InChI is InChI=1S/C21H27N3O2/c1-17(21(26)22-12-11-18-5-3-2-4-6-18)23-13-15-24(16-14-23)19-7-9-20(25)10-8-19/h2-10,17,25H,11-16H2,1H3,(H,22,26)/t17-/m1/s1. The van der Waals surface area contributed by atoms with E-state index in [0.29, 0.717) is 6.54 Å². The summed E-state index contributed by atoms with van der Waals surface area (Å²) in [6.45, 7) is 6.12. The predicted octanol–water partition coefficient (Wildman–Crippen LogP) is 2.26. The van der Waals surface area contributed by atoms with E-state index in [1.165, 1.54) is 5.56 Å². The Kier molecular flexibility index (Phi) is 6.12. The van der Waals surface area contributed by atoms with E-state index in [2.05, 4.69) is 27.2 Å². The fourth-order valence-electron chi connectivity index (χ4n) is 3.32. The molecule has 0 radical (unpaired) electrons. The van der Waals surface area contributed by atoms with Crippen molar-refractivity contribution in [1.29, 1.82) is 0 Å². The molecule has 0 bridgehead atoms. The van der Waals surface area contributed by atoms with Crippen LogP contribution < -0.4 is 10.2 Å². The smallest absolute Gasteiger partial charge is 0.237 e. The van der Waals surface area contributed by atoms with Gasteiger partial charge in [-0.15, -0.1) is 0 Å². The van der Waals surface area contributed by atoms with E-state index in [-0.39, 0.29) is 17.7 Å². The van der Waals surface area contributed by atoms with Crippen LogP contribution >= 0.6 is 0 Å². The maximum absolute atomic E-state index is 12.4. The Labute approximate surface area is 155 Å². The van der Waals surface area contributed by atoms with Gasteiger partial charge in [0, 0.05) is 38.4 Å².